The molecular formula is C13H25NO2. The molecule has 3 unspecified atom stereocenters. The molecule has 3 atom stereocenters. The number of ether oxygens (including phenoxy) is 1. The van der Waals surface area contributed by atoms with Crippen LogP contribution in [0.1, 0.15) is 39.0 Å². The van der Waals surface area contributed by atoms with Gasteiger partial charge in [-0.15, -0.1) is 0 Å². The number of hydrogen-bond donors (Lipinski definition) is 2. The van der Waals surface area contributed by atoms with Crippen molar-refractivity contribution in [1.29, 1.82) is 0 Å². The Hall–Kier alpha value is -0.120. The van der Waals surface area contributed by atoms with Crippen LogP contribution in [0.3, 0.4) is 0 Å². The third-order valence-electron chi connectivity index (χ3n) is 3.56. The van der Waals surface area contributed by atoms with Crippen molar-refractivity contribution in [2.75, 3.05) is 19.8 Å². The third-order valence-corrected chi connectivity index (χ3v) is 3.56. The van der Waals surface area contributed by atoms with E-state index in [9.17, 15) is 5.11 Å². The normalized spacial score (nSPS) is 30.4. The van der Waals surface area contributed by atoms with Gasteiger partial charge in [-0.25, -0.2) is 0 Å². The number of aliphatic hydroxyl groups excluding tert-OH is 1. The minimum Gasteiger partial charge on any atom is -0.389 e. The average Bonchev–Trinajstić information content (AvgIpc) is 3.12. The first-order chi connectivity index (χ1) is 7.79. The molecule has 2 aliphatic carbocycles. The maximum Gasteiger partial charge on any atom is 0.0897 e. The Morgan fingerprint density at radius 1 is 1.44 bits per heavy atom. The van der Waals surface area contributed by atoms with Crippen molar-refractivity contribution in [1.82, 2.24) is 5.32 Å². The summed E-state index contributed by atoms with van der Waals surface area (Å²) in [7, 11) is 0. The molecule has 94 valence electrons. The lowest BCUT2D eigenvalue weighted by molar-refractivity contribution is 0.0322. The quantitative estimate of drug-likeness (QED) is 0.628. The molecule has 3 heteroatoms. The van der Waals surface area contributed by atoms with Crippen molar-refractivity contribution in [2.24, 2.45) is 11.8 Å². The van der Waals surface area contributed by atoms with Crippen LogP contribution in [-0.2, 0) is 4.74 Å². The van der Waals surface area contributed by atoms with Crippen LogP contribution in [0, 0.1) is 11.8 Å². The SMILES string of the molecule is CCCC1CC1NCC(O)COCC1CC1. The van der Waals surface area contributed by atoms with Gasteiger partial charge in [0.05, 0.1) is 12.7 Å². The first-order valence-corrected chi connectivity index (χ1v) is 6.78. The van der Waals surface area contributed by atoms with Gasteiger partial charge >= 0.3 is 0 Å². The summed E-state index contributed by atoms with van der Waals surface area (Å²) in [5.74, 6) is 1.65. The Morgan fingerprint density at radius 3 is 2.94 bits per heavy atom. The van der Waals surface area contributed by atoms with Crippen LogP contribution in [0.2, 0.25) is 0 Å². The van der Waals surface area contributed by atoms with Crippen LogP contribution in [0.5, 0.6) is 0 Å². The molecule has 0 spiro atoms. The molecule has 2 aliphatic rings. The molecule has 0 bridgehead atoms. The second-order valence-corrected chi connectivity index (χ2v) is 5.43. The van der Waals surface area contributed by atoms with Crippen LogP contribution in [0.4, 0.5) is 0 Å². The largest absolute Gasteiger partial charge is 0.389 e. The summed E-state index contributed by atoms with van der Waals surface area (Å²) in [6.45, 7) is 4.26. The molecule has 0 aliphatic heterocycles. The highest BCUT2D eigenvalue weighted by atomic mass is 16.5. The van der Waals surface area contributed by atoms with Crippen LogP contribution in [-0.4, -0.2) is 37.0 Å². The Balaban J connectivity index is 1.43. The first-order valence-electron chi connectivity index (χ1n) is 6.78. The minimum absolute atomic E-state index is 0.332. The zero-order valence-corrected chi connectivity index (χ0v) is 10.3. The summed E-state index contributed by atoms with van der Waals surface area (Å²) in [6.07, 6.45) is 6.19. The molecular weight excluding hydrogens is 202 g/mol. The average molecular weight is 227 g/mol. The maximum absolute atomic E-state index is 9.69. The molecule has 2 fully saturated rings. The van der Waals surface area contributed by atoms with Gasteiger partial charge in [-0.2, -0.15) is 0 Å². The fourth-order valence-corrected chi connectivity index (χ4v) is 2.19. The van der Waals surface area contributed by atoms with Crippen molar-refractivity contribution in [3.8, 4) is 0 Å². The second-order valence-electron chi connectivity index (χ2n) is 5.43. The molecule has 0 amide bonds. The van der Waals surface area contributed by atoms with Gasteiger partial charge in [0.15, 0.2) is 0 Å². The van der Waals surface area contributed by atoms with Crippen molar-refractivity contribution in [3.05, 3.63) is 0 Å². The lowest BCUT2D eigenvalue weighted by Gasteiger charge is -2.12. The molecule has 0 aromatic heterocycles. The Kier molecular flexibility index (Phi) is 4.62. The molecule has 0 heterocycles. The molecule has 2 rings (SSSR count). The minimum atomic E-state index is -0.332. The highest BCUT2D eigenvalue weighted by molar-refractivity contribution is 4.92. The van der Waals surface area contributed by atoms with E-state index in [1.54, 1.807) is 0 Å². The van der Waals surface area contributed by atoms with E-state index in [0.29, 0.717) is 19.2 Å². The molecule has 0 saturated heterocycles. The summed E-state index contributed by atoms with van der Waals surface area (Å²) in [6, 6.07) is 0.665. The summed E-state index contributed by atoms with van der Waals surface area (Å²) >= 11 is 0. The fraction of sp³-hybridized carbons (Fsp3) is 1.00. The van der Waals surface area contributed by atoms with E-state index >= 15 is 0 Å². The van der Waals surface area contributed by atoms with Gasteiger partial charge in [-0.1, -0.05) is 13.3 Å². The predicted molar refractivity (Wildman–Crippen MR) is 64.4 cm³/mol. The van der Waals surface area contributed by atoms with Crippen LogP contribution < -0.4 is 5.32 Å². The molecule has 0 aromatic carbocycles. The van der Waals surface area contributed by atoms with E-state index in [0.717, 1.165) is 18.4 Å². The highest BCUT2D eigenvalue weighted by Crippen LogP contribution is 2.34. The molecule has 2 saturated carbocycles. The summed E-state index contributed by atoms with van der Waals surface area (Å²) < 4.78 is 5.46. The Bertz CT molecular complexity index is 206. The Morgan fingerprint density at radius 2 is 2.25 bits per heavy atom. The fourth-order valence-electron chi connectivity index (χ4n) is 2.19. The number of nitrogens with one attached hydrogen (secondary N) is 1. The van der Waals surface area contributed by atoms with Gasteiger partial charge in [0.2, 0.25) is 0 Å². The monoisotopic (exact) mass is 227 g/mol. The summed E-state index contributed by atoms with van der Waals surface area (Å²) in [5.41, 5.74) is 0. The standard InChI is InChI=1S/C13H25NO2/c1-2-3-11-6-13(11)14-7-12(15)9-16-8-10-4-5-10/h10-15H,2-9H2,1H3. The molecule has 0 aromatic rings. The topological polar surface area (TPSA) is 41.5 Å². The van der Waals surface area contributed by atoms with E-state index in [2.05, 4.69) is 12.2 Å². The number of aliphatic hydroxyl groups is 1. The van der Waals surface area contributed by atoms with Crippen molar-refractivity contribution < 1.29 is 9.84 Å². The van der Waals surface area contributed by atoms with Crippen molar-refractivity contribution >= 4 is 0 Å². The maximum atomic E-state index is 9.69. The summed E-state index contributed by atoms with van der Waals surface area (Å²) in [4.78, 5) is 0. The highest BCUT2D eigenvalue weighted by Gasteiger charge is 2.35. The van der Waals surface area contributed by atoms with Gasteiger partial charge in [0.25, 0.3) is 0 Å². The predicted octanol–water partition coefficient (Wildman–Crippen LogP) is 1.55. The van der Waals surface area contributed by atoms with E-state index in [1.165, 1.54) is 32.1 Å². The molecule has 16 heavy (non-hydrogen) atoms. The van der Waals surface area contributed by atoms with Crippen molar-refractivity contribution in [2.45, 2.75) is 51.2 Å². The molecule has 0 radical (unpaired) electrons. The lowest BCUT2D eigenvalue weighted by Crippen LogP contribution is -2.32. The van der Waals surface area contributed by atoms with Crippen LogP contribution in [0.25, 0.3) is 0 Å². The van der Waals surface area contributed by atoms with Crippen LogP contribution >= 0.6 is 0 Å². The number of hydrogen-bond acceptors (Lipinski definition) is 3. The molecule has 3 nitrogen and oxygen atoms in total. The third kappa shape index (κ3) is 4.40. The number of rotatable bonds is 9. The van der Waals surface area contributed by atoms with Gasteiger partial charge < -0.3 is 15.2 Å². The summed E-state index contributed by atoms with van der Waals surface area (Å²) in [5, 5.41) is 13.1. The second kappa shape index (κ2) is 5.99. The van der Waals surface area contributed by atoms with E-state index in [-0.39, 0.29) is 6.10 Å². The molecule has 2 N–H and O–H groups in total. The van der Waals surface area contributed by atoms with E-state index in [1.807, 2.05) is 0 Å². The zero-order valence-electron chi connectivity index (χ0n) is 10.3. The lowest BCUT2D eigenvalue weighted by atomic mass is 10.2. The smallest absolute Gasteiger partial charge is 0.0897 e. The van der Waals surface area contributed by atoms with Gasteiger partial charge in [0, 0.05) is 19.2 Å². The van der Waals surface area contributed by atoms with E-state index in [4.69, 9.17) is 4.74 Å². The van der Waals surface area contributed by atoms with Gasteiger partial charge in [-0.3, -0.25) is 0 Å². The van der Waals surface area contributed by atoms with Crippen molar-refractivity contribution in [3.63, 3.8) is 0 Å². The Labute approximate surface area is 98.6 Å². The van der Waals surface area contributed by atoms with Gasteiger partial charge in [0.1, 0.15) is 0 Å². The van der Waals surface area contributed by atoms with Crippen LogP contribution in [0.15, 0.2) is 0 Å². The zero-order chi connectivity index (χ0) is 11.4. The van der Waals surface area contributed by atoms with Gasteiger partial charge in [-0.05, 0) is 37.5 Å². The van der Waals surface area contributed by atoms with E-state index < -0.39 is 0 Å². The first kappa shape index (κ1) is 12.3.